The van der Waals surface area contributed by atoms with Gasteiger partial charge in [0.15, 0.2) is 6.61 Å². The molecule has 1 heterocycles. The Kier molecular flexibility index (Phi) is 7.30. The Morgan fingerprint density at radius 2 is 2.07 bits per heavy atom. The van der Waals surface area contributed by atoms with E-state index in [0.717, 1.165) is 4.88 Å². The molecule has 1 aromatic carbocycles. The molecule has 0 aliphatic rings. The second-order valence-electron chi connectivity index (χ2n) is 5.71. The van der Waals surface area contributed by atoms with E-state index in [1.165, 1.54) is 17.0 Å². The third-order valence-corrected chi connectivity index (χ3v) is 4.79. The molecule has 9 heteroatoms. The number of hydrogen-bond donors (Lipinski definition) is 1. The van der Waals surface area contributed by atoms with Gasteiger partial charge in [0.1, 0.15) is 5.75 Å². The Hall–Kier alpha value is -2.94. The van der Waals surface area contributed by atoms with Gasteiger partial charge in [0.25, 0.3) is 11.6 Å². The number of carbonyl (C=O) groups excluding carboxylic acids is 2. The predicted octanol–water partition coefficient (Wildman–Crippen LogP) is 2.51. The molecule has 1 N–H and O–H groups in total. The molecule has 0 aliphatic carbocycles. The zero-order valence-electron chi connectivity index (χ0n) is 15.1. The predicted molar refractivity (Wildman–Crippen MR) is 102 cm³/mol. The molecule has 0 spiro atoms. The van der Waals surface area contributed by atoms with Crippen molar-refractivity contribution in [3.63, 3.8) is 0 Å². The number of likely N-dealkylation sites (N-methyl/N-ethyl adjacent to an activating group) is 1. The summed E-state index contributed by atoms with van der Waals surface area (Å²) in [5.41, 5.74) is 0.285. The van der Waals surface area contributed by atoms with E-state index >= 15 is 0 Å². The Bertz CT molecular complexity index is 807. The van der Waals surface area contributed by atoms with Gasteiger partial charge in [-0.15, -0.1) is 11.3 Å². The molecule has 0 radical (unpaired) electrons. The van der Waals surface area contributed by atoms with Crippen LogP contribution in [0.15, 0.2) is 35.7 Å². The molecule has 0 atom stereocenters. The van der Waals surface area contributed by atoms with E-state index in [1.54, 1.807) is 31.3 Å². The van der Waals surface area contributed by atoms with Crippen LogP contribution in [0.5, 0.6) is 5.75 Å². The van der Waals surface area contributed by atoms with E-state index in [0.29, 0.717) is 18.7 Å². The zero-order valence-corrected chi connectivity index (χ0v) is 16.0. The van der Waals surface area contributed by atoms with Gasteiger partial charge in [-0.05, 0) is 31.4 Å². The van der Waals surface area contributed by atoms with Crippen LogP contribution < -0.4 is 10.1 Å². The van der Waals surface area contributed by atoms with Crippen LogP contribution in [0.1, 0.15) is 17.4 Å². The normalized spacial score (nSPS) is 10.3. The first-order valence-electron chi connectivity index (χ1n) is 8.36. The van der Waals surface area contributed by atoms with Gasteiger partial charge in [0.05, 0.1) is 23.6 Å². The number of nitro groups is 1. The Balaban J connectivity index is 1.88. The molecular formula is C18H21N3O5S. The fraction of sp³-hybridized carbons (Fsp3) is 0.333. The standard InChI is InChI=1S/C18H21N3O5S/c1-3-20(11-17(22)19-10-14-6-5-9-27-14)18(23)12-26-16-8-4-7-15(13(16)2)21(24)25/h4-9H,3,10-12H2,1-2H3,(H,19,22). The smallest absolute Gasteiger partial charge is 0.276 e. The zero-order chi connectivity index (χ0) is 19.8. The van der Waals surface area contributed by atoms with Gasteiger partial charge in [-0.3, -0.25) is 19.7 Å². The molecule has 0 saturated heterocycles. The average Bonchev–Trinajstić information content (AvgIpc) is 3.16. The van der Waals surface area contributed by atoms with E-state index in [4.69, 9.17) is 4.74 Å². The van der Waals surface area contributed by atoms with Crippen molar-refractivity contribution in [3.8, 4) is 5.75 Å². The second-order valence-corrected chi connectivity index (χ2v) is 6.74. The van der Waals surface area contributed by atoms with E-state index in [9.17, 15) is 19.7 Å². The van der Waals surface area contributed by atoms with Crippen LogP contribution in [0.25, 0.3) is 0 Å². The van der Waals surface area contributed by atoms with Gasteiger partial charge in [0, 0.05) is 17.5 Å². The molecule has 0 aliphatic heterocycles. The monoisotopic (exact) mass is 391 g/mol. The molecule has 2 aromatic rings. The lowest BCUT2D eigenvalue weighted by Gasteiger charge is -2.20. The lowest BCUT2D eigenvalue weighted by atomic mass is 10.2. The highest BCUT2D eigenvalue weighted by Crippen LogP contribution is 2.26. The minimum Gasteiger partial charge on any atom is -0.483 e. The van der Waals surface area contributed by atoms with Crippen LogP contribution >= 0.6 is 11.3 Å². The number of benzene rings is 1. The maximum absolute atomic E-state index is 12.3. The van der Waals surface area contributed by atoms with E-state index in [1.807, 2.05) is 17.5 Å². The first-order valence-corrected chi connectivity index (χ1v) is 9.24. The number of nitrogens with one attached hydrogen (secondary N) is 1. The van der Waals surface area contributed by atoms with Crippen LogP contribution in [0.2, 0.25) is 0 Å². The average molecular weight is 391 g/mol. The Morgan fingerprint density at radius 3 is 2.70 bits per heavy atom. The lowest BCUT2D eigenvalue weighted by Crippen LogP contribution is -2.42. The summed E-state index contributed by atoms with van der Waals surface area (Å²) in [5, 5.41) is 15.7. The van der Waals surface area contributed by atoms with Crippen molar-refractivity contribution in [1.82, 2.24) is 10.2 Å². The van der Waals surface area contributed by atoms with Crippen LogP contribution in [0.4, 0.5) is 5.69 Å². The van der Waals surface area contributed by atoms with Gasteiger partial charge >= 0.3 is 0 Å². The molecule has 0 bridgehead atoms. The third kappa shape index (κ3) is 5.78. The van der Waals surface area contributed by atoms with Crippen molar-refractivity contribution in [2.45, 2.75) is 20.4 Å². The van der Waals surface area contributed by atoms with E-state index < -0.39 is 4.92 Å². The summed E-state index contributed by atoms with van der Waals surface area (Å²) >= 11 is 1.54. The number of carbonyl (C=O) groups is 2. The Morgan fingerprint density at radius 1 is 1.30 bits per heavy atom. The first kappa shape index (κ1) is 20.4. The number of nitro benzene ring substituents is 1. The maximum atomic E-state index is 12.3. The number of ether oxygens (including phenoxy) is 1. The van der Waals surface area contributed by atoms with Gasteiger partial charge in [-0.2, -0.15) is 0 Å². The fourth-order valence-corrected chi connectivity index (χ4v) is 3.04. The number of amides is 2. The lowest BCUT2D eigenvalue weighted by molar-refractivity contribution is -0.385. The van der Waals surface area contributed by atoms with Crippen LogP contribution in [-0.4, -0.2) is 41.3 Å². The molecule has 2 amide bonds. The van der Waals surface area contributed by atoms with Gasteiger partial charge < -0.3 is 15.0 Å². The molecular weight excluding hydrogens is 370 g/mol. The number of rotatable bonds is 9. The summed E-state index contributed by atoms with van der Waals surface area (Å²) in [7, 11) is 0. The molecule has 8 nitrogen and oxygen atoms in total. The van der Waals surface area contributed by atoms with E-state index in [2.05, 4.69) is 5.32 Å². The van der Waals surface area contributed by atoms with Gasteiger partial charge in [-0.25, -0.2) is 0 Å². The maximum Gasteiger partial charge on any atom is 0.276 e. The molecule has 0 unspecified atom stereocenters. The summed E-state index contributed by atoms with van der Waals surface area (Å²) in [4.78, 5) is 37.2. The highest BCUT2D eigenvalue weighted by Gasteiger charge is 2.18. The molecule has 27 heavy (non-hydrogen) atoms. The quantitative estimate of drug-likeness (QED) is 0.523. The van der Waals surface area contributed by atoms with Crippen molar-refractivity contribution in [1.29, 1.82) is 0 Å². The minimum atomic E-state index is -0.500. The summed E-state index contributed by atoms with van der Waals surface area (Å²) in [6.45, 7) is 3.73. The SMILES string of the molecule is CCN(CC(=O)NCc1cccs1)C(=O)COc1cccc([N+](=O)[O-])c1C. The number of nitrogens with zero attached hydrogens (tertiary/aromatic N) is 2. The van der Waals surface area contributed by atoms with Crippen molar-refractivity contribution >= 4 is 28.8 Å². The van der Waals surface area contributed by atoms with Gasteiger partial charge in [0.2, 0.25) is 5.91 Å². The molecule has 144 valence electrons. The first-order chi connectivity index (χ1) is 12.9. The second kappa shape index (κ2) is 9.67. The summed E-state index contributed by atoms with van der Waals surface area (Å²) in [6, 6.07) is 8.27. The fourth-order valence-electron chi connectivity index (χ4n) is 2.39. The minimum absolute atomic E-state index is 0.0692. The van der Waals surface area contributed by atoms with Crippen molar-refractivity contribution < 1.29 is 19.2 Å². The van der Waals surface area contributed by atoms with Crippen LogP contribution in [0.3, 0.4) is 0 Å². The van der Waals surface area contributed by atoms with Crippen LogP contribution in [0, 0.1) is 17.0 Å². The molecule has 0 saturated carbocycles. The summed E-state index contributed by atoms with van der Waals surface area (Å²) < 4.78 is 5.45. The molecule has 1 aromatic heterocycles. The number of hydrogen-bond acceptors (Lipinski definition) is 6. The van der Waals surface area contributed by atoms with Crippen molar-refractivity contribution in [3.05, 3.63) is 56.3 Å². The van der Waals surface area contributed by atoms with Crippen molar-refractivity contribution in [2.24, 2.45) is 0 Å². The highest BCUT2D eigenvalue weighted by atomic mass is 32.1. The largest absolute Gasteiger partial charge is 0.483 e. The summed E-state index contributed by atoms with van der Waals surface area (Å²) in [6.07, 6.45) is 0. The van der Waals surface area contributed by atoms with Gasteiger partial charge in [-0.1, -0.05) is 12.1 Å². The Labute approximate surface area is 160 Å². The molecule has 0 fully saturated rings. The third-order valence-electron chi connectivity index (χ3n) is 3.91. The summed E-state index contributed by atoms with van der Waals surface area (Å²) in [5.74, 6) is -0.351. The molecule has 2 rings (SSSR count). The topological polar surface area (TPSA) is 102 Å². The van der Waals surface area contributed by atoms with Crippen molar-refractivity contribution in [2.75, 3.05) is 19.7 Å². The van der Waals surface area contributed by atoms with E-state index in [-0.39, 0.29) is 36.4 Å². The van der Waals surface area contributed by atoms with Crippen LogP contribution in [-0.2, 0) is 16.1 Å². The number of thiophene rings is 1. The highest BCUT2D eigenvalue weighted by molar-refractivity contribution is 7.09.